The van der Waals surface area contributed by atoms with Gasteiger partial charge in [-0.15, -0.1) is 0 Å². The highest BCUT2D eigenvalue weighted by atomic mass is 32.2. The van der Waals surface area contributed by atoms with Crippen LogP contribution in [0.1, 0.15) is 36.8 Å². The largest absolute Gasteiger partial charge is 0.489 e. The molecule has 0 aliphatic carbocycles. The van der Waals surface area contributed by atoms with Crippen LogP contribution in [0.2, 0.25) is 0 Å². The van der Waals surface area contributed by atoms with Gasteiger partial charge in [0.25, 0.3) is 10.1 Å². The van der Waals surface area contributed by atoms with Crippen LogP contribution in [0.4, 0.5) is 4.39 Å². The molecule has 0 radical (unpaired) electrons. The average molecular weight is 465 g/mol. The van der Waals surface area contributed by atoms with E-state index >= 15 is 0 Å². The summed E-state index contributed by atoms with van der Waals surface area (Å²) in [7, 11) is -4.02. The molecule has 0 amide bonds. The van der Waals surface area contributed by atoms with Crippen LogP contribution in [0, 0.1) is 13.8 Å². The Morgan fingerprint density at radius 2 is 1.94 bits per heavy atom. The fourth-order valence-electron chi connectivity index (χ4n) is 2.71. The molecule has 0 saturated carbocycles. The molecule has 3 aromatic rings. The molecule has 3 N–H and O–H groups in total. The van der Waals surface area contributed by atoms with Gasteiger partial charge in [-0.05, 0) is 44.0 Å². The molecule has 0 unspecified atom stereocenters. The molecule has 0 saturated heterocycles. The van der Waals surface area contributed by atoms with Gasteiger partial charge < -0.3 is 14.9 Å². The predicted molar refractivity (Wildman–Crippen MR) is 122 cm³/mol. The quantitative estimate of drug-likeness (QED) is 0.455. The number of halogens is 1. The summed E-state index contributed by atoms with van der Waals surface area (Å²) in [6.45, 7) is 6.17. The fourth-order valence-corrected chi connectivity index (χ4v) is 3.19. The summed E-state index contributed by atoms with van der Waals surface area (Å²) in [4.78, 5) is 4.40. The second-order valence-electron chi connectivity index (χ2n) is 7.34. The van der Waals surface area contributed by atoms with E-state index in [1.54, 1.807) is 18.2 Å². The summed E-state index contributed by atoms with van der Waals surface area (Å²) in [6, 6.07) is 9.71. The smallest absolute Gasteiger partial charge is 0.294 e. The number of rotatable bonds is 8. The van der Waals surface area contributed by atoms with E-state index in [2.05, 4.69) is 11.9 Å². The van der Waals surface area contributed by atoms with Crippen molar-refractivity contribution < 1.29 is 26.5 Å². The standard InChI is InChI=1S/C16H21FN2O2.C7H8O3S/c1-3-4-5-16-19-13-6-11(2)14(7-15(13)21-16)20-10-12(8-17)9-18;1-6-2-4-7(5-3-6)11(8,9)10/h6-8H,3-5,9-10,18H2,1-2H3;2-5H,1H3,(H,8,9,10)/b12-8+;. The summed E-state index contributed by atoms with van der Waals surface area (Å²) < 4.78 is 53.4. The third kappa shape index (κ3) is 7.44. The molecule has 32 heavy (non-hydrogen) atoms. The highest BCUT2D eigenvalue weighted by molar-refractivity contribution is 7.85. The van der Waals surface area contributed by atoms with Gasteiger partial charge in [0, 0.05) is 24.6 Å². The highest BCUT2D eigenvalue weighted by Gasteiger charge is 2.10. The maximum Gasteiger partial charge on any atom is 0.294 e. The number of aromatic nitrogens is 1. The summed E-state index contributed by atoms with van der Waals surface area (Å²) >= 11 is 0. The maximum absolute atomic E-state index is 12.5. The minimum absolute atomic E-state index is 0.0666. The van der Waals surface area contributed by atoms with E-state index in [1.807, 2.05) is 19.9 Å². The highest BCUT2D eigenvalue weighted by Crippen LogP contribution is 2.27. The fraction of sp³-hybridized carbons (Fsp3) is 0.348. The monoisotopic (exact) mass is 464 g/mol. The van der Waals surface area contributed by atoms with Crippen molar-refractivity contribution in [2.24, 2.45) is 5.73 Å². The SMILES string of the molecule is CCCCc1nc2cc(C)c(OC/C(=C/F)CN)cc2o1.Cc1ccc(S(=O)(=O)O)cc1. The lowest BCUT2D eigenvalue weighted by molar-refractivity contribution is 0.345. The van der Waals surface area contributed by atoms with Crippen molar-refractivity contribution in [3.8, 4) is 5.75 Å². The maximum atomic E-state index is 12.5. The van der Waals surface area contributed by atoms with Crippen LogP contribution in [-0.2, 0) is 16.5 Å². The van der Waals surface area contributed by atoms with Crippen molar-refractivity contribution >= 4 is 21.2 Å². The van der Waals surface area contributed by atoms with Crippen LogP contribution < -0.4 is 10.5 Å². The minimum Gasteiger partial charge on any atom is -0.489 e. The first-order valence-electron chi connectivity index (χ1n) is 10.2. The van der Waals surface area contributed by atoms with Gasteiger partial charge in [-0.1, -0.05) is 31.0 Å². The number of hydrogen-bond donors (Lipinski definition) is 2. The number of fused-ring (bicyclic) bond motifs is 1. The summed E-state index contributed by atoms with van der Waals surface area (Å²) in [5.74, 6) is 1.41. The van der Waals surface area contributed by atoms with E-state index in [9.17, 15) is 12.8 Å². The first-order chi connectivity index (χ1) is 15.2. The van der Waals surface area contributed by atoms with Crippen molar-refractivity contribution in [2.45, 2.75) is 44.9 Å². The Kier molecular flexibility index (Phi) is 9.37. The summed E-state index contributed by atoms with van der Waals surface area (Å²) in [6.07, 6.45) is 3.48. The molecule has 1 aromatic heterocycles. The van der Waals surface area contributed by atoms with Crippen LogP contribution in [-0.4, -0.2) is 31.1 Å². The van der Waals surface area contributed by atoms with Crippen LogP contribution in [0.25, 0.3) is 11.1 Å². The normalized spacial score (nSPS) is 11.9. The van der Waals surface area contributed by atoms with E-state index in [0.717, 1.165) is 41.8 Å². The molecular weight excluding hydrogens is 435 g/mol. The summed E-state index contributed by atoms with van der Waals surface area (Å²) in [5, 5.41) is 0. The molecular formula is C23H29FN2O5S. The number of nitrogens with zero attached hydrogens (tertiary/aromatic N) is 1. The van der Waals surface area contributed by atoms with Crippen molar-refractivity contribution in [2.75, 3.05) is 13.2 Å². The van der Waals surface area contributed by atoms with E-state index < -0.39 is 10.1 Å². The van der Waals surface area contributed by atoms with Gasteiger partial charge >= 0.3 is 0 Å². The second kappa shape index (κ2) is 11.8. The minimum atomic E-state index is -4.02. The number of benzene rings is 2. The number of ether oxygens (including phenoxy) is 1. The van der Waals surface area contributed by atoms with Crippen LogP contribution in [0.3, 0.4) is 0 Å². The molecule has 0 spiro atoms. The zero-order chi connectivity index (χ0) is 23.7. The molecule has 0 fully saturated rings. The van der Waals surface area contributed by atoms with Gasteiger partial charge in [-0.25, -0.2) is 9.37 Å². The Labute approximate surface area is 187 Å². The number of nitrogens with two attached hydrogens (primary N) is 1. The van der Waals surface area contributed by atoms with E-state index in [0.29, 0.717) is 23.2 Å². The molecule has 0 atom stereocenters. The Morgan fingerprint density at radius 1 is 1.25 bits per heavy atom. The third-order valence-corrected chi connectivity index (χ3v) is 5.49. The Bertz CT molecular complexity index is 1160. The molecule has 0 aliphatic heterocycles. The molecule has 7 nitrogen and oxygen atoms in total. The predicted octanol–water partition coefficient (Wildman–Crippen LogP) is 4.91. The van der Waals surface area contributed by atoms with Gasteiger partial charge in [-0.3, -0.25) is 4.55 Å². The Balaban J connectivity index is 0.000000278. The summed E-state index contributed by atoms with van der Waals surface area (Å²) in [5.41, 5.74) is 9.24. The number of aryl methyl sites for hydroxylation is 3. The average Bonchev–Trinajstić information content (AvgIpc) is 3.14. The molecule has 9 heteroatoms. The Morgan fingerprint density at radius 3 is 2.50 bits per heavy atom. The number of unbranched alkanes of at least 4 members (excludes halogenated alkanes) is 1. The first kappa shape index (κ1) is 25.5. The van der Waals surface area contributed by atoms with E-state index in [-0.39, 0.29) is 18.0 Å². The topological polar surface area (TPSA) is 116 Å². The molecule has 0 bridgehead atoms. The molecule has 174 valence electrons. The van der Waals surface area contributed by atoms with Crippen molar-refractivity contribution in [3.63, 3.8) is 0 Å². The van der Waals surface area contributed by atoms with Crippen molar-refractivity contribution in [3.05, 3.63) is 65.3 Å². The molecule has 3 rings (SSSR count). The third-order valence-electron chi connectivity index (χ3n) is 4.62. The van der Waals surface area contributed by atoms with Crippen LogP contribution in [0.15, 0.2) is 57.6 Å². The molecule has 1 heterocycles. The lowest BCUT2D eigenvalue weighted by atomic mass is 10.2. The van der Waals surface area contributed by atoms with Gasteiger partial charge in [0.15, 0.2) is 11.5 Å². The van der Waals surface area contributed by atoms with Crippen LogP contribution in [0.5, 0.6) is 5.75 Å². The number of hydrogen-bond acceptors (Lipinski definition) is 6. The van der Waals surface area contributed by atoms with Gasteiger partial charge in [0.2, 0.25) is 0 Å². The zero-order valence-electron chi connectivity index (χ0n) is 18.5. The Hall–Kier alpha value is -2.75. The van der Waals surface area contributed by atoms with Gasteiger partial charge in [0.05, 0.1) is 11.2 Å². The van der Waals surface area contributed by atoms with Crippen LogP contribution >= 0.6 is 0 Å². The van der Waals surface area contributed by atoms with E-state index in [4.69, 9.17) is 19.4 Å². The van der Waals surface area contributed by atoms with Crippen molar-refractivity contribution in [1.29, 1.82) is 0 Å². The number of oxazole rings is 1. The molecule has 0 aliphatic rings. The zero-order valence-corrected chi connectivity index (χ0v) is 19.3. The van der Waals surface area contributed by atoms with Crippen molar-refractivity contribution in [1.82, 2.24) is 4.98 Å². The second-order valence-corrected chi connectivity index (χ2v) is 8.77. The van der Waals surface area contributed by atoms with Gasteiger partial charge in [0.1, 0.15) is 17.9 Å². The lowest BCUT2D eigenvalue weighted by Crippen LogP contribution is -2.11. The first-order valence-corrected chi connectivity index (χ1v) is 11.7. The van der Waals surface area contributed by atoms with E-state index in [1.165, 1.54) is 12.1 Å². The lowest BCUT2D eigenvalue weighted by Gasteiger charge is -2.09. The molecule has 2 aromatic carbocycles. The van der Waals surface area contributed by atoms with Gasteiger partial charge in [-0.2, -0.15) is 8.42 Å².